The number of H-pyrrole nitrogens is 1. The summed E-state index contributed by atoms with van der Waals surface area (Å²) in [5.41, 5.74) is 3.74. The molecule has 0 saturated carbocycles. The molecule has 4 rings (SSSR count). The highest BCUT2D eigenvalue weighted by atomic mass is 32.2. The number of carboxylic acids is 1. The fraction of sp³-hybridized carbons (Fsp3) is 0.263. The summed E-state index contributed by atoms with van der Waals surface area (Å²) in [6.07, 6.45) is 4.92. The lowest BCUT2D eigenvalue weighted by Crippen LogP contribution is -2.18. The first-order valence-corrected chi connectivity index (χ1v) is 10.4. The Balaban J connectivity index is 1.86. The lowest BCUT2D eigenvalue weighted by Gasteiger charge is -2.12. The maximum Gasteiger partial charge on any atom is 0.352 e. The molecule has 0 saturated heterocycles. The van der Waals surface area contributed by atoms with Gasteiger partial charge >= 0.3 is 5.97 Å². The van der Waals surface area contributed by atoms with E-state index in [4.69, 9.17) is 0 Å². The van der Waals surface area contributed by atoms with E-state index in [2.05, 4.69) is 15.0 Å². The summed E-state index contributed by atoms with van der Waals surface area (Å²) in [6.45, 7) is 0. The van der Waals surface area contributed by atoms with E-state index in [1.54, 1.807) is 12.1 Å². The monoisotopic (exact) mass is 401 g/mol. The van der Waals surface area contributed by atoms with E-state index >= 15 is 0 Å². The van der Waals surface area contributed by atoms with Crippen LogP contribution in [0.5, 0.6) is 0 Å². The predicted octanol–water partition coefficient (Wildman–Crippen LogP) is 1.99. The van der Waals surface area contributed by atoms with Gasteiger partial charge in [0.05, 0.1) is 10.5 Å². The number of hydrogen-bond acceptors (Lipinski definition) is 4. The zero-order chi connectivity index (χ0) is 20.1. The fourth-order valence-electron chi connectivity index (χ4n) is 3.81. The van der Waals surface area contributed by atoms with E-state index in [-0.39, 0.29) is 16.5 Å². The summed E-state index contributed by atoms with van der Waals surface area (Å²) in [6, 6.07) is 4.41. The van der Waals surface area contributed by atoms with Crippen LogP contribution < -0.4 is 10.0 Å². The molecule has 2 aliphatic rings. The number of carbonyl (C=O) groups excluding carboxylic acids is 1. The number of aromatic nitrogens is 1. The Hall–Kier alpha value is -2.91. The first kappa shape index (κ1) is 18.5. The minimum atomic E-state index is -3.66. The van der Waals surface area contributed by atoms with Gasteiger partial charge in [-0.1, -0.05) is 0 Å². The SMILES string of the molecule is CNS(=O)(=O)c1ccc2c(c1)C(=Cc1[nH]c(C(=O)O)c3c1CCCC3)C(=O)N2. The van der Waals surface area contributed by atoms with Gasteiger partial charge in [-0.15, -0.1) is 0 Å². The van der Waals surface area contributed by atoms with Crippen molar-refractivity contribution in [1.29, 1.82) is 0 Å². The standard InChI is InChI=1S/C19H19N3O5S/c1-20-28(26,27)10-6-7-15-13(8-10)14(18(23)22-15)9-16-11-4-2-3-5-12(11)17(21-16)19(24)25/h6-9,20-21H,2-5H2,1H3,(H,22,23)(H,24,25). The van der Waals surface area contributed by atoms with Crippen LogP contribution in [0.4, 0.5) is 5.69 Å². The maximum absolute atomic E-state index is 12.5. The van der Waals surface area contributed by atoms with Crippen molar-refractivity contribution in [1.82, 2.24) is 9.71 Å². The van der Waals surface area contributed by atoms with E-state index < -0.39 is 16.0 Å². The Kier molecular flexibility index (Phi) is 4.35. The quantitative estimate of drug-likeness (QED) is 0.583. The third-order valence-electron chi connectivity index (χ3n) is 5.21. The molecule has 1 aromatic carbocycles. The normalized spacial score (nSPS) is 17.3. The molecule has 0 fully saturated rings. The topological polar surface area (TPSA) is 128 Å². The van der Waals surface area contributed by atoms with Crippen molar-refractivity contribution in [3.8, 4) is 0 Å². The molecule has 0 unspecified atom stereocenters. The Bertz CT molecular complexity index is 1140. The first-order valence-electron chi connectivity index (χ1n) is 8.90. The van der Waals surface area contributed by atoms with Gasteiger partial charge in [-0.05, 0) is 68.1 Å². The molecule has 1 aromatic heterocycles. The number of hydrogen-bond donors (Lipinski definition) is 4. The number of aromatic amines is 1. The molecule has 9 heteroatoms. The summed E-state index contributed by atoms with van der Waals surface area (Å²) in [5, 5.41) is 12.2. The second-order valence-electron chi connectivity index (χ2n) is 6.81. The smallest absolute Gasteiger partial charge is 0.352 e. The highest BCUT2D eigenvalue weighted by Crippen LogP contribution is 2.36. The minimum absolute atomic E-state index is 0.0517. The van der Waals surface area contributed by atoms with Crippen LogP contribution in [0.25, 0.3) is 11.6 Å². The summed E-state index contributed by atoms with van der Waals surface area (Å²) < 4.78 is 26.5. The lowest BCUT2D eigenvalue weighted by molar-refractivity contribution is -0.110. The highest BCUT2D eigenvalue weighted by Gasteiger charge is 2.28. The summed E-state index contributed by atoms with van der Waals surface area (Å²) >= 11 is 0. The van der Waals surface area contributed by atoms with Crippen molar-refractivity contribution in [3.63, 3.8) is 0 Å². The number of aromatic carboxylic acids is 1. The Morgan fingerprint density at radius 2 is 1.93 bits per heavy atom. The average molecular weight is 401 g/mol. The van der Waals surface area contributed by atoms with Crippen LogP contribution in [0.2, 0.25) is 0 Å². The van der Waals surface area contributed by atoms with E-state index in [1.165, 1.54) is 19.2 Å². The van der Waals surface area contributed by atoms with Gasteiger partial charge in [0.2, 0.25) is 10.0 Å². The predicted molar refractivity (Wildman–Crippen MR) is 104 cm³/mol. The van der Waals surface area contributed by atoms with Gasteiger partial charge in [0.25, 0.3) is 5.91 Å². The molecular weight excluding hydrogens is 382 g/mol. The van der Waals surface area contributed by atoms with Gasteiger partial charge in [-0.2, -0.15) is 0 Å². The molecule has 28 heavy (non-hydrogen) atoms. The average Bonchev–Trinajstić information content (AvgIpc) is 3.20. The molecule has 8 nitrogen and oxygen atoms in total. The second-order valence-corrected chi connectivity index (χ2v) is 8.70. The van der Waals surface area contributed by atoms with Gasteiger partial charge in [0.15, 0.2) is 0 Å². The van der Waals surface area contributed by atoms with Gasteiger partial charge in [-0.3, -0.25) is 4.79 Å². The van der Waals surface area contributed by atoms with E-state index in [1.807, 2.05) is 0 Å². The lowest BCUT2D eigenvalue weighted by atomic mass is 9.91. The minimum Gasteiger partial charge on any atom is -0.477 e. The van der Waals surface area contributed by atoms with Crippen LogP contribution in [0.15, 0.2) is 23.1 Å². The molecule has 0 spiro atoms. The second kappa shape index (κ2) is 6.61. The van der Waals surface area contributed by atoms with Crippen LogP contribution in [0.1, 0.15) is 45.7 Å². The van der Waals surface area contributed by atoms with Gasteiger partial charge < -0.3 is 15.4 Å². The number of sulfonamides is 1. The molecule has 4 N–H and O–H groups in total. The highest BCUT2D eigenvalue weighted by molar-refractivity contribution is 7.89. The maximum atomic E-state index is 12.5. The number of fused-ring (bicyclic) bond motifs is 2. The molecule has 0 atom stereocenters. The van der Waals surface area contributed by atoms with Crippen LogP contribution in [-0.2, 0) is 27.7 Å². The molecule has 146 valence electrons. The van der Waals surface area contributed by atoms with Crippen LogP contribution in [0, 0.1) is 0 Å². The molecule has 2 heterocycles. The molecule has 0 bridgehead atoms. The number of carbonyl (C=O) groups is 2. The van der Waals surface area contributed by atoms with Crippen LogP contribution >= 0.6 is 0 Å². The number of rotatable bonds is 4. The van der Waals surface area contributed by atoms with Crippen molar-refractivity contribution in [3.05, 3.63) is 46.3 Å². The van der Waals surface area contributed by atoms with Crippen molar-refractivity contribution in [2.45, 2.75) is 30.6 Å². The zero-order valence-corrected chi connectivity index (χ0v) is 15.9. The Morgan fingerprint density at radius 1 is 1.21 bits per heavy atom. The number of benzene rings is 1. The summed E-state index contributed by atoms with van der Waals surface area (Å²) in [7, 11) is -2.34. The van der Waals surface area contributed by atoms with Crippen LogP contribution in [0.3, 0.4) is 0 Å². The van der Waals surface area contributed by atoms with Crippen LogP contribution in [-0.4, -0.2) is 37.4 Å². The molecule has 1 aliphatic heterocycles. The first-order chi connectivity index (χ1) is 13.3. The van der Waals surface area contributed by atoms with E-state index in [0.29, 0.717) is 28.9 Å². The van der Waals surface area contributed by atoms with Gasteiger partial charge in [0.1, 0.15) is 5.69 Å². The third kappa shape index (κ3) is 2.92. The van der Waals surface area contributed by atoms with Crippen molar-refractivity contribution < 1.29 is 23.1 Å². The molecular formula is C19H19N3O5S. The van der Waals surface area contributed by atoms with Gasteiger partial charge in [0, 0.05) is 16.9 Å². The van der Waals surface area contributed by atoms with Crippen molar-refractivity contribution in [2.75, 3.05) is 12.4 Å². The number of amides is 1. The molecule has 1 amide bonds. The molecule has 2 aromatic rings. The number of nitrogens with one attached hydrogen (secondary N) is 3. The Labute approximate surface area is 161 Å². The van der Waals surface area contributed by atoms with Gasteiger partial charge in [-0.25, -0.2) is 17.9 Å². The number of anilines is 1. The van der Waals surface area contributed by atoms with E-state index in [0.717, 1.165) is 30.4 Å². The molecule has 0 radical (unpaired) electrons. The van der Waals surface area contributed by atoms with Crippen molar-refractivity contribution in [2.24, 2.45) is 0 Å². The summed E-state index contributed by atoms with van der Waals surface area (Å²) in [5.74, 6) is -1.38. The van der Waals surface area contributed by atoms with Crippen molar-refractivity contribution >= 4 is 39.2 Å². The number of carboxylic acid groups (broad SMARTS) is 1. The zero-order valence-electron chi connectivity index (χ0n) is 15.1. The fourth-order valence-corrected chi connectivity index (χ4v) is 4.57. The summed E-state index contributed by atoms with van der Waals surface area (Å²) in [4.78, 5) is 27.1. The third-order valence-corrected chi connectivity index (χ3v) is 6.62. The Morgan fingerprint density at radius 3 is 2.61 bits per heavy atom. The molecule has 1 aliphatic carbocycles. The largest absolute Gasteiger partial charge is 0.477 e. The van der Waals surface area contributed by atoms with E-state index in [9.17, 15) is 23.1 Å².